The molecule has 5 heteroatoms. The third kappa shape index (κ3) is 3.30. The van der Waals surface area contributed by atoms with Gasteiger partial charge in [-0.3, -0.25) is 4.79 Å². The molecule has 0 aromatic heterocycles. The lowest BCUT2D eigenvalue weighted by molar-refractivity contribution is -0.133. The van der Waals surface area contributed by atoms with Crippen LogP contribution in [0.1, 0.15) is 38.9 Å². The van der Waals surface area contributed by atoms with Crippen molar-refractivity contribution in [3.63, 3.8) is 0 Å². The summed E-state index contributed by atoms with van der Waals surface area (Å²) in [7, 11) is 0. The largest absolute Gasteiger partial charge is 0.439 e. The van der Waals surface area contributed by atoms with Gasteiger partial charge in [-0.15, -0.1) is 0 Å². The maximum Gasteiger partial charge on any atom is 0.417 e. The Morgan fingerprint density at radius 3 is 2.55 bits per heavy atom. The first-order valence-electron chi connectivity index (χ1n) is 7.65. The highest BCUT2D eigenvalue weighted by Gasteiger charge is 2.44. The van der Waals surface area contributed by atoms with E-state index >= 15 is 0 Å². The molecule has 1 saturated heterocycles. The summed E-state index contributed by atoms with van der Waals surface area (Å²) in [6, 6.07) is 9.10. The first kappa shape index (κ1) is 16.5. The molecule has 2 rings (SSSR count). The van der Waals surface area contributed by atoms with Crippen LogP contribution in [0.15, 0.2) is 30.3 Å². The summed E-state index contributed by atoms with van der Waals surface area (Å²) in [5, 5.41) is 9.11. The zero-order valence-corrected chi connectivity index (χ0v) is 13.2. The van der Waals surface area contributed by atoms with Gasteiger partial charge in [0.25, 0.3) is 0 Å². The molecule has 120 valence electrons. The fraction of sp³-hybridized carbons (Fsp3) is 0.529. The van der Waals surface area contributed by atoms with Crippen molar-refractivity contribution in [1.29, 1.82) is 0 Å². The summed E-state index contributed by atoms with van der Waals surface area (Å²) in [5.41, 5.74) is 0.884. The molecule has 1 aromatic rings. The Balaban J connectivity index is 2.11. The fourth-order valence-electron chi connectivity index (χ4n) is 2.86. The van der Waals surface area contributed by atoms with Crippen LogP contribution in [-0.4, -0.2) is 34.7 Å². The Labute approximate surface area is 130 Å². The quantitative estimate of drug-likeness (QED) is 0.908. The third-order valence-electron chi connectivity index (χ3n) is 4.12. The monoisotopic (exact) mass is 305 g/mol. The van der Waals surface area contributed by atoms with Crippen LogP contribution < -0.4 is 0 Å². The minimum Gasteiger partial charge on any atom is -0.439 e. The van der Waals surface area contributed by atoms with E-state index in [1.165, 1.54) is 4.90 Å². The third-order valence-corrected chi connectivity index (χ3v) is 4.12. The molecule has 0 saturated carbocycles. The van der Waals surface area contributed by atoms with Crippen molar-refractivity contribution in [1.82, 2.24) is 4.90 Å². The predicted octanol–water partition coefficient (Wildman–Crippen LogP) is 2.75. The summed E-state index contributed by atoms with van der Waals surface area (Å²) in [6.07, 6.45) is -0.475. The second-order valence-electron chi connectivity index (χ2n) is 6.09. The minimum atomic E-state index is -0.588. The van der Waals surface area contributed by atoms with Crippen LogP contribution in [0.2, 0.25) is 0 Å². The average molecular weight is 305 g/mol. The zero-order chi connectivity index (χ0) is 16.3. The number of ether oxygens (including phenoxy) is 1. The Morgan fingerprint density at radius 2 is 1.95 bits per heavy atom. The van der Waals surface area contributed by atoms with E-state index < -0.39 is 12.2 Å². The van der Waals surface area contributed by atoms with Crippen LogP contribution in [0.25, 0.3) is 0 Å². The summed E-state index contributed by atoms with van der Waals surface area (Å²) in [4.78, 5) is 25.9. The van der Waals surface area contributed by atoms with Gasteiger partial charge in [-0.25, -0.2) is 9.69 Å². The average Bonchev–Trinajstić information content (AvgIpc) is 2.82. The molecule has 0 bridgehead atoms. The Hall–Kier alpha value is -1.88. The number of hydrogen-bond acceptors (Lipinski definition) is 4. The maximum absolute atomic E-state index is 12.5. The van der Waals surface area contributed by atoms with E-state index in [4.69, 9.17) is 9.84 Å². The molecule has 0 spiro atoms. The molecule has 0 unspecified atom stereocenters. The lowest BCUT2D eigenvalue weighted by atomic mass is 9.95. The molecular formula is C17H23NO4. The molecule has 1 heterocycles. The summed E-state index contributed by atoms with van der Waals surface area (Å²) >= 11 is 0. The van der Waals surface area contributed by atoms with Crippen LogP contribution in [0.5, 0.6) is 0 Å². The number of rotatable bonds is 5. The number of amides is 2. The normalized spacial score (nSPS) is 24.0. The molecule has 5 nitrogen and oxygen atoms in total. The number of imide groups is 1. The highest BCUT2D eigenvalue weighted by molar-refractivity contribution is 5.94. The topological polar surface area (TPSA) is 66.8 Å². The van der Waals surface area contributed by atoms with Gasteiger partial charge in [-0.2, -0.15) is 0 Å². The van der Waals surface area contributed by atoms with E-state index in [9.17, 15) is 9.59 Å². The SMILES string of the molecule is C[C@H](CO)C[C@@H](C)C(=O)N1C(=O)O[C@H](c2ccccc2)[C@@H]1C. The van der Waals surface area contributed by atoms with Crippen molar-refractivity contribution in [3.8, 4) is 0 Å². The summed E-state index contributed by atoms with van der Waals surface area (Å²) in [5.74, 6) is -0.541. The molecule has 1 N–H and O–H groups in total. The van der Waals surface area contributed by atoms with Crippen molar-refractivity contribution in [2.45, 2.75) is 39.3 Å². The highest BCUT2D eigenvalue weighted by Crippen LogP contribution is 2.33. The van der Waals surface area contributed by atoms with E-state index in [2.05, 4.69) is 0 Å². The second-order valence-corrected chi connectivity index (χ2v) is 6.09. The summed E-state index contributed by atoms with van der Waals surface area (Å²) in [6.45, 7) is 5.51. The van der Waals surface area contributed by atoms with E-state index in [1.54, 1.807) is 6.92 Å². The van der Waals surface area contributed by atoms with Crippen LogP contribution in [0.4, 0.5) is 4.79 Å². The highest BCUT2D eigenvalue weighted by atomic mass is 16.6. The Kier molecular flexibility index (Phi) is 5.19. The minimum absolute atomic E-state index is 0.0257. The van der Waals surface area contributed by atoms with Gasteiger partial charge in [0.15, 0.2) is 0 Å². The molecule has 1 aliphatic heterocycles. The molecule has 1 fully saturated rings. The van der Waals surface area contributed by atoms with Gasteiger partial charge < -0.3 is 9.84 Å². The molecule has 1 aromatic carbocycles. The van der Waals surface area contributed by atoms with Crippen molar-refractivity contribution in [3.05, 3.63) is 35.9 Å². The molecule has 0 radical (unpaired) electrons. The smallest absolute Gasteiger partial charge is 0.417 e. The van der Waals surface area contributed by atoms with Gasteiger partial charge in [0.05, 0.1) is 6.04 Å². The van der Waals surface area contributed by atoms with E-state index in [0.29, 0.717) is 6.42 Å². The van der Waals surface area contributed by atoms with Gasteiger partial charge >= 0.3 is 6.09 Å². The summed E-state index contributed by atoms with van der Waals surface area (Å²) < 4.78 is 5.39. The van der Waals surface area contributed by atoms with Crippen molar-refractivity contribution < 1.29 is 19.4 Å². The second kappa shape index (κ2) is 6.92. The molecular weight excluding hydrogens is 282 g/mol. The number of benzene rings is 1. The van der Waals surface area contributed by atoms with Crippen LogP contribution in [0.3, 0.4) is 0 Å². The lowest BCUT2D eigenvalue weighted by Crippen LogP contribution is -2.41. The molecule has 0 aliphatic carbocycles. The van der Waals surface area contributed by atoms with Gasteiger partial charge in [-0.05, 0) is 24.8 Å². The number of carbonyl (C=O) groups excluding carboxylic acids is 2. The van der Waals surface area contributed by atoms with Gasteiger partial charge in [-0.1, -0.05) is 44.2 Å². The van der Waals surface area contributed by atoms with Gasteiger partial charge in [0.1, 0.15) is 6.10 Å². The number of aliphatic hydroxyl groups is 1. The van der Waals surface area contributed by atoms with Crippen LogP contribution >= 0.6 is 0 Å². The molecule has 4 atom stereocenters. The Morgan fingerprint density at radius 1 is 1.32 bits per heavy atom. The number of hydrogen-bond donors (Lipinski definition) is 1. The first-order chi connectivity index (χ1) is 10.5. The molecule has 22 heavy (non-hydrogen) atoms. The number of aliphatic hydroxyl groups excluding tert-OH is 1. The lowest BCUT2D eigenvalue weighted by Gasteiger charge is -2.23. The Bertz CT molecular complexity index is 531. The fourth-order valence-corrected chi connectivity index (χ4v) is 2.86. The van der Waals surface area contributed by atoms with Gasteiger partial charge in [0, 0.05) is 12.5 Å². The maximum atomic E-state index is 12.5. The number of carbonyl (C=O) groups is 2. The van der Waals surface area contributed by atoms with E-state index in [-0.39, 0.29) is 30.4 Å². The van der Waals surface area contributed by atoms with E-state index in [1.807, 2.05) is 44.2 Å². The standard InChI is InChI=1S/C17H23NO4/c1-11(10-19)9-12(2)16(20)18-13(3)15(22-17(18)21)14-7-5-4-6-8-14/h4-8,11-13,15,19H,9-10H2,1-3H3/t11-,12+,13-,15-/m0/s1. The first-order valence-corrected chi connectivity index (χ1v) is 7.65. The van der Waals surface area contributed by atoms with Crippen molar-refractivity contribution in [2.75, 3.05) is 6.61 Å². The molecule has 1 aliphatic rings. The van der Waals surface area contributed by atoms with Gasteiger partial charge in [0.2, 0.25) is 5.91 Å². The van der Waals surface area contributed by atoms with Crippen LogP contribution in [-0.2, 0) is 9.53 Å². The predicted molar refractivity (Wildman–Crippen MR) is 82.0 cm³/mol. The number of cyclic esters (lactones) is 1. The van der Waals surface area contributed by atoms with Crippen LogP contribution in [0, 0.1) is 11.8 Å². The number of nitrogens with zero attached hydrogens (tertiary/aromatic N) is 1. The zero-order valence-electron chi connectivity index (χ0n) is 13.2. The van der Waals surface area contributed by atoms with Crippen molar-refractivity contribution >= 4 is 12.0 Å². The van der Waals surface area contributed by atoms with E-state index in [0.717, 1.165) is 5.56 Å². The van der Waals surface area contributed by atoms with Crippen molar-refractivity contribution in [2.24, 2.45) is 11.8 Å². The molecule has 2 amide bonds.